The molecule has 4 rings (SSSR count). The molecule has 1 saturated carbocycles. The van der Waals surface area contributed by atoms with Crippen LogP contribution in [0.4, 0.5) is 0 Å². The summed E-state index contributed by atoms with van der Waals surface area (Å²) < 4.78 is 4.96. The molecule has 158 valence electrons. The molecule has 0 aromatic carbocycles. The number of Topliss-reactive ketones (excluding diaryl/α,β-unsaturated/α-hetero) is 1. The van der Waals surface area contributed by atoms with Crippen molar-refractivity contribution in [3.05, 3.63) is 34.9 Å². The van der Waals surface area contributed by atoms with Crippen LogP contribution in [0, 0.1) is 22.7 Å². The van der Waals surface area contributed by atoms with Crippen LogP contribution in [-0.2, 0) is 19.1 Å². The molecule has 3 unspecified atom stereocenters. The fourth-order valence-corrected chi connectivity index (χ4v) is 6.11. The lowest BCUT2D eigenvalue weighted by atomic mass is 9.51. The van der Waals surface area contributed by atoms with E-state index in [-0.39, 0.29) is 29.0 Å². The van der Waals surface area contributed by atoms with E-state index in [0.717, 1.165) is 37.7 Å². The maximum atomic E-state index is 12.7. The topological polar surface area (TPSA) is 60.4 Å². The standard InChI is InChI=1S/C23H28O4.C2H6/c1-14(24)27-13-21(26)20-7-6-18-17-5-4-15-12-16(25)8-10-22(15,2)19(17)9-11-23(18,20)3;1-2/h7,9,12,17-18H,4-6,8,10-11,13H2,1-3H3;1-2H3/t17?,18?,22?,23-;/m0./s1. The highest BCUT2D eigenvalue weighted by Crippen LogP contribution is 2.63. The zero-order valence-corrected chi connectivity index (χ0v) is 18.5. The van der Waals surface area contributed by atoms with Crippen LogP contribution >= 0.6 is 0 Å². The quantitative estimate of drug-likeness (QED) is 0.488. The number of ether oxygens (including phenoxy) is 1. The summed E-state index contributed by atoms with van der Waals surface area (Å²) in [5, 5.41) is 0. The summed E-state index contributed by atoms with van der Waals surface area (Å²) in [6, 6.07) is 0. The van der Waals surface area contributed by atoms with Crippen molar-refractivity contribution in [2.24, 2.45) is 22.7 Å². The van der Waals surface area contributed by atoms with E-state index in [4.69, 9.17) is 4.74 Å². The Hall–Kier alpha value is -1.97. The Labute approximate surface area is 174 Å². The maximum absolute atomic E-state index is 12.7. The van der Waals surface area contributed by atoms with E-state index in [0.29, 0.717) is 18.3 Å². The highest BCUT2D eigenvalue weighted by atomic mass is 16.5. The fourth-order valence-electron chi connectivity index (χ4n) is 6.11. The van der Waals surface area contributed by atoms with Crippen molar-refractivity contribution < 1.29 is 19.1 Å². The minimum Gasteiger partial charge on any atom is -0.457 e. The largest absolute Gasteiger partial charge is 0.457 e. The summed E-state index contributed by atoms with van der Waals surface area (Å²) in [6.45, 7) is 9.69. The third-order valence-corrected chi connectivity index (χ3v) is 7.62. The van der Waals surface area contributed by atoms with Gasteiger partial charge in [0.25, 0.3) is 0 Å². The third kappa shape index (κ3) is 3.55. The highest BCUT2D eigenvalue weighted by molar-refractivity contribution is 5.99. The molecule has 4 aliphatic carbocycles. The van der Waals surface area contributed by atoms with Crippen LogP contribution in [0.5, 0.6) is 0 Å². The Balaban J connectivity index is 0.00000117. The van der Waals surface area contributed by atoms with E-state index in [9.17, 15) is 14.4 Å². The Morgan fingerprint density at radius 3 is 2.59 bits per heavy atom. The molecule has 0 heterocycles. The maximum Gasteiger partial charge on any atom is 0.303 e. The molecule has 0 aliphatic heterocycles. The van der Waals surface area contributed by atoms with E-state index >= 15 is 0 Å². The van der Waals surface area contributed by atoms with Crippen molar-refractivity contribution in [3.63, 3.8) is 0 Å². The monoisotopic (exact) mass is 398 g/mol. The Bertz CT molecular complexity index is 815. The van der Waals surface area contributed by atoms with Crippen LogP contribution in [0.15, 0.2) is 34.9 Å². The van der Waals surface area contributed by atoms with Crippen molar-refractivity contribution in [1.82, 2.24) is 0 Å². The number of rotatable bonds is 3. The van der Waals surface area contributed by atoms with Gasteiger partial charge >= 0.3 is 5.97 Å². The second kappa shape index (κ2) is 8.04. The molecule has 0 spiro atoms. The van der Waals surface area contributed by atoms with Crippen LogP contribution in [0.2, 0.25) is 0 Å². The molecule has 4 nitrogen and oxygen atoms in total. The van der Waals surface area contributed by atoms with Gasteiger partial charge in [-0.3, -0.25) is 14.4 Å². The van der Waals surface area contributed by atoms with Crippen molar-refractivity contribution in [3.8, 4) is 0 Å². The molecule has 0 aromatic rings. The molecular weight excluding hydrogens is 364 g/mol. The first-order valence-electron chi connectivity index (χ1n) is 11.1. The molecule has 0 aromatic heterocycles. The van der Waals surface area contributed by atoms with Crippen LogP contribution in [0.1, 0.15) is 73.1 Å². The van der Waals surface area contributed by atoms with Crippen LogP contribution in [-0.4, -0.2) is 24.1 Å². The van der Waals surface area contributed by atoms with Crippen LogP contribution in [0.25, 0.3) is 0 Å². The van der Waals surface area contributed by atoms with E-state index < -0.39 is 5.97 Å². The number of carbonyl (C=O) groups excluding carboxylic acids is 3. The number of carbonyl (C=O) groups is 3. The van der Waals surface area contributed by atoms with Crippen molar-refractivity contribution in [1.29, 1.82) is 0 Å². The average Bonchev–Trinajstić information content (AvgIpc) is 3.05. The van der Waals surface area contributed by atoms with Crippen molar-refractivity contribution in [2.75, 3.05) is 6.61 Å². The van der Waals surface area contributed by atoms with Crippen LogP contribution in [0.3, 0.4) is 0 Å². The van der Waals surface area contributed by atoms with Gasteiger partial charge in [-0.15, -0.1) is 0 Å². The first-order valence-corrected chi connectivity index (χ1v) is 11.1. The van der Waals surface area contributed by atoms with Gasteiger partial charge in [0.15, 0.2) is 18.2 Å². The summed E-state index contributed by atoms with van der Waals surface area (Å²) in [6.07, 6.45) is 11.7. The molecule has 0 N–H and O–H groups in total. The highest BCUT2D eigenvalue weighted by Gasteiger charge is 2.54. The second-order valence-electron chi connectivity index (χ2n) is 9.06. The summed E-state index contributed by atoms with van der Waals surface area (Å²) in [7, 11) is 0. The molecule has 4 aliphatic rings. The molecule has 1 fully saturated rings. The normalized spacial score (nSPS) is 34.9. The molecule has 0 bridgehead atoms. The zero-order valence-electron chi connectivity index (χ0n) is 18.5. The third-order valence-electron chi connectivity index (χ3n) is 7.62. The molecule has 29 heavy (non-hydrogen) atoms. The fraction of sp³-hybridized carbons (Fsp3) is 0.640. The lowest BCUT2D eigenvalue weighted by molar-refractivity contribution is -0.145. The molecule has 0 amide bonds. The minimum atomic E-state index is -0.416. The number of hydrogen-bond acceptors (Lipinski definition) is 4. The van der Waals surface area contributed by atoms with Crippen molar-refractivity contribution in [2.45, 2.75) is 73.1 Å². The van der Waals surface area contributed by atoms with Gasteiger partial charge in [0, 0.05) is 29.7 Å². The lowest BCUT2D eigenvalue weighted by Crippen LogP contribution is -2.44. The number of fused-ring (bicyclic) bond motifs is 5. The molecule has 0 radical (unpaired) electrons. The summed E-state index contributed by atoms with van der Waals surface area (Å²) in [5.41, 5.74) is 3.49. The zero-order chi connectivity index (χ0) is 21.4. The van der Waals surface area contributed by atoms with E-state index in [1.54, 1.807) is 0 Å². The van der Waals surface area contributed by atoms with Crippen LogP contribution < -0.4 is 0 Å². The Morgan fingerprint density at radius 2 is 1.90 bits per heavy atom. The molecule has 0 saturated heterocycles. The van der Waals surface area contributed by atoms with Gasteiger partial charge in [-0.1, -0.05) is 51.0 Å². The minimum absolute atomic E-state index is 0.0165. The number of ketones is 2. The first kappa shape index (κ1) is 21.7. The predicted octanol–water partition coefficient (Wildman–Crippen LogP) is 5.13. The Kier molecular flexibility index (Phi) is 6.03. The number of hydrogen-bond donors (Lipinski definition) is 0. The first-order chi connectivity index (χ1) is 13.8. The average molecular weight is 399 g/mol. The predicted molar refractivity (Wildman–Crippen MR) is 113 cm³/mol. The van der Waals surface area contributed by atoms with Gasteiger partial charge in [-0.2, -0.15) is 0 Å². The molecule has 4 atom stereocenters. The van der Waals surface area contributed by atoms with E-state index in [1.807, 2.05) is 19.9 Å². The van der Waals surface area contributed by atoms with Gasteiger partial charge in [-0.25, -0.2) is 0 Å². The van der Waals surface area contributed by atoms with E-state index in [1.165, 1.54) is 18.1 Å². The van der Waals surface area contributed by atoms with Gasteiger partial charge in [0.1, 0.15) is 0 Å². The number of allylic oxidation sites excluding steroid dienone is 5. The van der Waals surface area contributed by atoms with Gasteiger partial charge in [0.05, 0.1) is 0 Å². The van der Waals surface area contributed by atoms with Crippen molar-refractivity contribution >= 4 is 17.5 Å². The smallest absolute Gasteiger partial charge is 0.303 e. The second-order valence-corrected chi connectivity index (χ2v) is 9.06. The molecular formula is C25H34O4. The SMILES string of the molecule is CC.CC(=O)OCC(=O)C1=CCC2C3CCC4=CC(=O)CCC4(C)C3=CC[C@]12C. The van der Waals surface area contributed by atoms with E-state index in [2.05, 4.69) is 26.0 Å². The summed E-state index contributed by atoms with van der Waals surface area (Å²) >= 11 is 0. The number of esters is 1. The van der Waals surface area contributed by atoms with Gasteiger partial charge < -0.3 is 4.74 Å². The van der Waals surface area contributed by atoms with Gasteiger partial charge in [-0.05, 0) is 50.0 Å². The Morgan fingerprint density at radius 1 is 1.17 bits per heavy atom. The summed E-state index contributed by atoms with van der Waals surface area (Å²) in [4.78, 5) is 35.7. The lowest BCUT2D eigenvalue weighted by Gasteiger charge is -2.53. The molecule has 4 heteroatoms. The van der Waals surface area contributed by atoms with Gasteiger partial charge in [0.2, 0.25) is 0 Å². The summed E-state index contributed by atoms with van der Waals surface area (Å²) in [5.74, 6) is 0.681.